The van der Waals surface area contributed by atoms with Crippen LogP contribution in [-0.4, -0.2) is 22.7 Å². The molecule has 1 amide bonds. The number of nitrogens with one attached hydrogen (secondary N) is 2. The maximum Gasteiger partial charge on any atom is 0.274 e. The molecule has 0 fully saturated rings. The lowest BCUT2D eigenvalue weighted by Gasteiger charge is -2.09. The second kappa shape index (κ2) is 7.74. The first-order chi connectivity index (χ1) is 13.6. The second-order valence-corrected chi connectivity index (χ2v) is 6.66. The number of ether oxygens (including phenoxy) is 2. The number of anilines is 2. The molecule has 2 aromatic carbocycles. The molecule has 0 atom stereocenters. The molecule has 2 N–H and O–H groups in total. The third-order valence-corrected chi connectivity index (χ3v) is 4.33. The minimum Gasteiger partial charge on any atom is -0.454 e. The molecular weight excluding hydrogens is 380 g/mol. The zero-order chi connectivity index (χ0) is 19.5. The molecule has 8 heteroatoms. The van der Waals surface area contributed by atoms with Crippen LogP contribution in [0.5, 0.6) is 11.5 Å². The molecule has 1 aromatic heterocycles. The van der Waals surface area contributed by atoms with E-state index in [1.807, 2.05) is 25.1 Å². The minimum atomic E-state index is -0.320. The van der Waals surface area contributed by atoms with E-state index >= 15 is 0 Å². The molecule has 1 aliphatic heterocycles. The Bertz CT molecular complexity index is 1020. The fourth-order valence-electron chi connectivity index (χ4n) is 2.72. The van der Waals surface area contributed by atoms with Gasteiger partial charge >= 0.3 is 0 Å². The highest BCUT2D eigenvalue weighted by Gasteiger charge is 2.14. The molecule has 0 bridgehead atoms. The molecule has 7 nitrogen and oxygen atoms in total. The lowest BCUT2D eigenvalue weighted by Crippen LogP contribution is -2.16. The number of aromatic nitrogens is 2. The molecule has 0 aliphatic carbocycles. The fourth-order valence-corrected chi connectivity index (χ4v) is 2.85. The van der Waals surface area contributed by atoms with Gasteiger partial charge in [0.25, 0.3) is 5.91 Å². The highest BCUT2D eigenvalue weighted by Crippen LogP contribution is 2.32. The lowest BCUT2D eigenvalue weighted by atomic mass is 10.2. The molecule has 28 heavy (non-hydrogen) atoms. The molecule has 1 aliphatic rings. The van der Waals surface area contributed by atoms with Crippen LogP contribution in [0.2, 0.25) is 5.02 Å². The molecule has 142 valence electrons. The Hall–Kier alpha value is -3.32. The summed E-state index contributed by atoms with van der Waals surface area (Å²) in [5.74, 6) is 1.50. The van der Waals surface area contributed by atoms with Gasteiger partial charge in [0.1, 0.15) is 5.69 Å². The summed E-state index contributed by atoms with van der Waals surface area (Å²) in [6.07, 6.45) is 0. The number of hydrogen-bond donors (Lipinski definition) is 2. The van der Waals surface area contributed by atoms with E-state index in [1.165, 1.54) is 0 Å². The van der Waals surface area contributed by atoms with Gasteiger partial charge in [-0.15, -0.1) is 0 Å². The molecule has 2 heterocycles. The number of nitrogens with zero attached hydrogens (tertiary/aromatic N) is 2. The van der Waals surface area contributed by atoms with Crippen LogP contribution in [0.25, 0.3) is 0 Å². The summed E-state index contributed by atoms with van der Waals surface area (Å²) >= 11 is 5.87. The summed E-state index contributed by atoms with van der Waals surface area (Å²) in [6.45, 7) is 2.53. The van der Waals surface area contributed by atoms with Gasteiger partial charge in [0.2, 0.25) is 12.7 Å². The van der Waals surface area contributed by atoms with Gasteiger partial charge in [-0.1, -0.05) is 17.7 Å². The van der Waals surface area contributed by atoms with Crippen molar-refractivity contribution < 1.29 is 14.3 Å². The number of rotatable bonds is 5. The molecular formula is C20H17ClN4O3. The van der Waals surface area contributed by atoms with Crippen molar-refractivity contribution in [1.82, 2.24) is 9.97 Å². The van der Waals surface area contributed by atoms with Crippen LogP contribution in [-0.2, 0) is 6.54 Å². The van der Waals surface area contributed by atoms with Crippen molar-refractivity contribution >= 4 is 29.1 Å². The summed E-state index contributed by atoms with van der Waals surface area (Å²) in [6, 6.07) is 14.2. The van der Waals surface area contributed by atoms with Gasteiger partial charge in [-0.3, -0.25) is 4.79 Å². The predicted molar refractivity (Wildman–Crippen MR) is 106 cm³/mol. The largest absolute Gasteiger partial charge is 0.454 e. The number of fused-ring (bicyclic) bond motifs is 1. The third kappa shape index (κ3) is 4.15. The van der Waals surface area contributed by atoms with Crippen molar-refractivity contribution in [2.75, 3.05) is 17.4 Å². The monoisotopic (exact) mass is 396 g/mol. The van der Waals surface area contributed by atoms with E-state index in [9.17, 15) is 4.79 Å². The normalized spacial score (nSPS) is 11.9. The topological polar surface area (TPSA) is 85.4 Å². The fraction of sp³-hybridized carbons (Fsp3) is 0.150. The Kier molecular flexibility index (Phi) is 4.99. The number of carbonyl (C=O) groups excluding carboxylic acids is 1. The van der Waals surface area contributed by atoms with Crippen LogP contribution in [0, 0.1) is 6.92 Å². The number of benzene rings is 2. The summed E-state index contributed by atoms with van der Waals surface area (Å²) in [5, 5.41) is 6.54. The first kappa shape index (κ1) is 18.1. The van der Waals surface area contributed by atoms with Gasteiger partial charge in [0, 0.05) is 22.9 Å². The van der Waals surface area contributed by atoms with Gasteiger partial charge in [0.05, 0.1) is 0 Å². The van der Waals surface area contributed by atoms with E-state index in [0.29, 0.717) is 34.6 Å². The van der Waals surface area contributed by atoms with Crippen molar-refractivity contribution in [2.24, 2.45) is 0 Å². The van der Waals surface area contributed by atoms with Gasteiger partial charge in [-0.05, 0) is 55.0 Å². The first-order valence-corrected chi connectivity index (χ1v) is 8.99. The Labute approximate surface area is 166 Å². The van der Waals surface area contributed by atoms with E-state index in [1.54, 1.807) is 30.3 Å². The number of halogens is 1. The zero-order valence-electron chi connectivity index (χ0n) is 15.0. The molecule has 0 spiro atoms. The molecule has 4 rings (SSSR count). The molecule has 0 saturated heterocycles. The van der Waals surface area contributed by atoms with Crippen molar-refractivity contribution in [1.29, 1.82) is 0 Å². The van der Waals surface area contributed by atoms with Gasteiger partial charge in [-0.2, -0.15) is 0 Å². The van der Waals surface area contributed by atoms with E-state index in [4.69, 9.17) is 21.1 Å². The highest BCUT2D eigenvalue weighted by molar-refractivity contribution is 6.30. The van der Waals surface area contributed by atoms with E-state index in [0.717, 1.165) is 11.3 Å². The molecule has 3 aromatic rings. The summed E-state index contributed by atoms with van der Waals surface area (Å²) in [4.78, 5) is 21.2. The van der Waals surface area contributed by atoms with E-state index in [2.05, 4.69) is 20.6 Å². The summed E-state index contributed by atoms with van der Waals surface area (Å²) in [5.41, 5.74) is 2.59. The maximum atomic E-state index is 12.5. The molecule has 0 unspecified atom stereocenters. The Morgan fingerprint density at radius 3 is 2.68 bits per heavy atom. The van der Waals surface area contributed by atoms with Crippen molar-refractivity contribution in [3.8, 4) is 11.5 Å². The lowest BCUT2D eigenvalue weighted by molar-refractivity contribution is 0.102. The number of hydrogen-bond acceptors (Lipinski definition) is 6. The number of aryl methyl sites for hydroxylation is 1. The van der Waals surface area contributed by atoms with E-state index < -0.39 is 0 Å². The number of carbonyl (C=O) groups is 1. The molecule has 0 saturated carbocycles. The van der Waals surface area contributed by atoms with Crippen LogP contribution >= 0.6 is 11.6 Å². The first-order valence-electron chi connectivity index (χ1n) is 8.62. The smallest absolute Gasteiger partial charge is 0.274 e. The van der Waals surface area contributed by atoms with Crippen LogP contribution in [0.4, 0.5) is 11.6 Å². The quantitative estimate of drug-likeness (QED) is 0.677. The zero-order valence-corrected chi connectivity index (χ0v) is 15.8. The van der Waals surface area contributed by atoms with E-state index in [-0.39, 0.29) is 18.4 Å². The van der Waals surface area contributed by atoms with Crippen molar-refractivity contribution in [2.45, 2.75) is 13.5 Å². The number of amides is 1. The summed E-state index contributed by atoms with van der Waals surface area (Å²) < 4.78 is 10.7. The van der Waals surface area contributed by atoms with Crippen LogP contribution in [0.15, 0.2) is 48.5 Å². The third-order valence-electron chi connectivity index (χ3n) is 4.08. The van der Waals surface area contributed by atoms with Crippen LogP contribution < -0.4 is 20.1 Å². The van der Waals surface area contributed by atoms with Crippen LogP contribution in [0.1, 0.15) is 21.7 Å². The Balaban J connectivity index is 1.45. The Morgan fingerprint density at radius 2 is 1.86 bits per heavy atom. The average molecular weight is 397 g/mol. The molecule has 0 radical (unpaired) electrons. The highest BCUT2D eigenvalue weighted by atomic mass is 35.5. The van der Waals surface area contributed by atoms with Gasteiger partial charge < -0.3 is 20.1 Å². The Morgan fingerprint density at radius 1 is 1.07 bits per heavy atom. The predicted octanol–water partition coefficient (Wildman–Crippen LogP) is 4.03. The minimum absolute atomic E-state index is 0.235. The second-order valence-electron chi connectivity index (χ2n) is 6.22. The van der Waals surface area contributed by atoms with Crippen molar-refractivity contribution in [3.05, 3.63) is 70.5 Å². The van der Waals surface area contributed by atoms with Gasteiger partial charge in [0.15, 0.2) is 11.5 Å². The standard InChI is InChI=1S/C20H17ClN4O3/c1-12-8-16(19(26)24-15-5-3-14(21)4-6-15)25-20(23-12)22-10-13-2-7-17-18(9-13)28-11-27-17/h2-9H,10-11H2,1H3,(H,24,26)(H,22,23,25). The average Bonchev–Trinajstić information content (AvgIpc) is 3.15. The maximum absolute atomic E-state index is 12.5. The van der Waals surface area contributed by atoms with Gasteiger partial charge in [-0.25, -0.2) is 9.97 Å². The van der Waals surface area contributed by atoms with Crippen LogP contribution in [0.3, 0.4) is 0 Å². The van der Waals surface area contributed by atoms with Crippen molar-refractivity contribution in [3.63, 3.8) is 0 Å². The summed E-state index contributed by atoms with van der Waals surface area (Å²) in [7, 11) is 0. The SMILES string of the molecule is Cc1cc(C(=O)Nc2ccc(Cl)cc2)nc(NCc2ccc3c(c2)OCO3)n1.